The third-order valence-corrected chi connectivity index (χ3v) is 7.21. The van der Waals surface area contributed by atoms with Crippen molar-refractivity contribution in [3.63, 3.8) is 0 Å². The van der Waals surface area contributed by atoms with E-state index in [0.29, 0.717) is 15.8 Å². The number of benzene rings is 2. The molecule has 39 heavy (non-hydrogen) atoms. The number of thiophene rings is 1. The van der Waals surface area contributed by atoms with Crippen LogP contribution in [0.4, 0.5) is 4.79 Å². The number of alkyl carbamates (subject to hydrolysis) is 1. The number of carbonyl (C=O) groups excluding carboxylic acids is 3. The molecule has 204 valence electrons. The normalized spacial score (nSPS) is 11.4. The molecule has 4 aromatic rings. The minimum atomic E-state index is -0.627. The van der Waals surface area contributed by atoms with Crippen molar-refractivity contribution < 1.29 is 23.9 Å². The molecule has 0 saturated carbocycles. The number of amides is 2. The van der Waals surface area contributed by atoms with Crippen LogP contribution in [0, 0.1) is 0 Å². The molecule has 2 aromatic carbocycles. The average Bonchev–Trinajstić information content (AvgIpc) is 3.30. The van der Waals surface area contributed by atoms with Gasteiger partial charge in [-0.3, -0.25) is 19.0 Å². The Hall–Kier alpha value is -4.18. The number of aromatic nitrogens is 1. The van der Waals surface area contributed by atoms with E-state index in [1.54, 1.807) is 64.2 Å². The number of ketones is 1. The quantitative estimate of drug-likeness (QED) is 0.319. The number of hydrogen-bond acceptors (Lipinski definition) is 7. The lowest BCUT2D eigenvalue weighted by molar-refractivity contribution is 0.0517. The lowest BCUT2D eigenvalue weighted by atomic mass is 10.1. The summed E-state index contributed by atoms with van der Waals surface area (Å²) in [5.41, 5.74) is 0.0623. The molecule has 0 fully saturated rings. The van der Waals surface area contributed by atoms with Crippen LogP contribution in [0.3, 0.4) is 0 Å². The van der Waals surface area contributed by atoms with Gasteiger partial charge < -0.3 is 19.7 Å². The highest BCUT2D eigenvalue weighted by Gasteiger charge is 2.27. The number of methoxy groups -OCH3 is 1. The van der Waals surface area contributed by atoms with E-state index in [9.17, 15) is 19.2 Å². The van der Waals surface area contributed by atoms with Crippen LogP contribution in [0.15, 0.2) is 59.4 Å². The standard InChI is InChI=1S/C29H31N3O6S/c1-29(2,3)38-28(36)30-15-16-31(4)27(35)25-23(37-5)22-24(39-25)19-13-9-10-14-20(19)32(26(22)34)17-21(33)18-11-7-6-8-12-18/h6-14H,15-17H2,1-5H3,(H,30,36). The van der Waals surface area contributed by atoms with Crippen molar-refractivity contribution in [3.05, 3.63) is 75.4 Å². The molecule has 1 N–H and O–H groups in total. The number of pyridine rings is 1. The Labute approximate surface area is 229 Å². The van der Waals surface area contributed by atoms with Crippen LogP contribution in [-0.2, 0) is 11.3 Å². The highest BCUT2D eigenvalue weighted by atomic mass is 32.1. The summed E-state index contributed by atoms with van der Waals surface area (Å²) in [6, 6.07) is 16.1. The lowest BCUT2D eigenvalue weighted by Crippen LogP contribution is -2.38. The zero-order valence-electron chi connectivity index (χ0n) is 22.6. The van der Waals surface area contributed by atoms with Crippen molar-refractivity contribution in [3.8, 4) is 5.75 Å². The molecule has 0 bridgehead atoms. The van der Waals surface area contributed by atoms with E-state index in [4.69, 9.17) is 9.47 Å². The Bertz CT molecular complexity index is 1600. The second-order valence-electron chi connectivity index (χ2n) is 10.0. The van der Waals surface area contributed by atoms with Crippen molar-refractivity contribution in [2.75, 3.05) is 27.2 Å². The van der Waals surface area contributed by atoms with Gasteiger partial charge in [-0.25, -0.2) is 4.79 Å². The van der Waals surface area contributed by atoms with Crippen LogP contribution in [0.2, 0.25) is 0 Å². The smallest absolute Gasteiger partial charge is 0.407 e. The number of Topliss-reactive ketones (excluding diaryl/α,β-unsaturated/α-hetero) is 1. The molecule has 2 aromatic heterocycles. The van der Waals surface area contributed by atoms with Gasteiger partial charge in [-0.05, 0) is 26.8 Å². The Kier molecular flexibility index (Phi) is 8.06. The van der Waals surface area contributed by atoms with Crippen LogP contribution in [0.25, 0.3) is 21.0 Å². The number of fused-ring (bicyclic) bond motifs is 3. The van der Waals surface area contributed by atoms with Gasteiger partial charge in [0, 0.05) is 31.1 Å². The number of nitrogens with one attached hydrogen (secondary N) is 1. The summed E-state index contributed by atoms with van der Waals surface area (Å²) >= 11 is 1.17. The third-order valence-electron chi connectivity index (χ3n) is 6.02. The molecule has 0 aliphatic heterocycles. The van der Waals surface area contributed by atoms with Gasteiger partial charge in [0.2, 0.25) is 0 Å². The number of ether oxygens (including phenoxy) is 2. The maximum atomic E-state index is 13.8. The van der Waals surface area contributed by atoms with E-state index in [2.05, 4.69) is 5.32 Å². The number of rotatable bonds is 8. The number of hydrogen-bond donors (Lipinski definition) is 1. The van der Waals surface area contributed by atoms with Crippen LogP contribution in [0.1, 0.15) is 40.8 Å². The summed E-state index contributed by atoms with van der Waals surface area (Å²) in [6.07, 6.45) is -0.570. The summed E-state index contributed by atoms with van der Waals surface area (Å²) in [4.78, 5) is 53.9. The monoisotopic (exact) mass is 549 g/mol. The Balaban J connectivity index is 1.69. The Morgan fingerprint density at radius 3 is 2.36 bits per heavy atom. The molecule has 2 amide bonds. The second-order valence-corrected chi connectivity index (χ2v) is 11.0. The van der Waals surface area contributed by atoms with Crippen LogP contribution in [0.5, 0.6) is 5.75 Å². The minimum absolute atomic E-state index is 0.155. The van der Waals surface area contributed by atoms with E-state index in [0.717, 1.165) is 5.39 Å². The highest BCUT2D eigenvalue weighted by Crippen LogP contribution is 2.40. The summed E-state index contributed by atoms with van der Waals surface area (Å²) in [6.45, 7) is 5.55. The fourth-order valence-corrected chi connectivity index (χ4v) is 5.50. The fourth-order valence-electron chi connectivity index (χ4n) is 4.21. The maximum absolute atomic E-state index is 13.8. The van der Waals surface area contributed by atoms with Crippen LogP contribution in [-0.4, -0.2) is 60.1 Å². The minimum Gasteiger partial charge on any atom is -0.494 e. The van der Waals surface area contributed by atoms with Gasteiger partial charge in [0.05, 0.1) is 23.9 Å². The van der Waals surface area contributed by atoms with Crippen molar-refractivity contribution in [1.82, 2.24) is 14.8 Å². The Morgan fingerprint density at radius 2 is 1.69 bits per heavy atom. The number of likely N-dealkylation sites (N-methyl/N-ethyl adjacent to an activating group) is 1. The van der Waals surface area contributed by atoms with Crippen molar-refractivity contribution in [2.24, 2.45) is 0 Å². The van der Waals surface area contributed by atoms with E-state index in [1.807, 2.05) is 18.2 Å². The molecule has 0 radical (unpaired) electrons. The van der Waals surface area contributed by atoms with Gasteiger partial charge in [0.1, 0.15) is 15.9 Å². The fraction of sp³-hybridized carbons (Fsp3) is 0.310. The van der Waals surface area contributed by atoms with Gasteiger partial charge in [-0.2, -0.15) is 0 Å². The molecule has 0 aliphatic carbocycles. The third kappa shape index (κ3) is 5.96. The summed E-state index contributed by atoms with van der Waals surface area (Å²) in [7, 11) is 3.02. The SMILES string of the molecule is COc1c(C(=O)N(C)CCNC(=O)OC(C)(C)C)sc2c1c(=O)n(CC(=O)c1ccccc1)c1ccccc21. The van der Waals surface area contributed by atoms with Crippen molar-refractivity contribution >= 4 is 50.1 Å². The van der Waals surface area contributed by atoms with E-state index in [-0.39, 0.29) is 47.3 Å². The molecule has 2 heterocycles. The first-order valence-corrected chi connectivity index (χ1v) is 13.3. The first-order valence-electron chi connectivity index (χ1n) is 12.4. The van der Waals surface area contributed by atoms with Gasteiger partial charge in [0.15, 0.2) is 11.5 Å². The molecule has 0 atom stereocenters. The average molecular weight is 550 g/mol. The zero-order valence-corrected chi connectivity index (χ0v) is 23.4. The first kappa shape index (κ1) is 27.8. The number of para-hydroxylation sites is 1. The molecule has 0 unspecified atom stereocenters. The molecule has 10 heteroatoms. The van der Waals surface area contributed by atoms with Gasteiger partial charge in [0.25, 0.3) is 11.5 Å². The second kappa shape index (κ2) is 11.3. The lowest BCUT2D eigenvalue weighted by Gasteiger charge is -2.21. The number of nitrogens with zero attached hydrogens (tertiary/aromatic N) is 2. The van der Waals surface area contributed by atoms with E-state index < -0.39 is 17.3 Å². The van der Waals surface area contributed by atoms with Crippen molar-refractivity contribution in [1.29, 1.82) is 0 Å². The Morgan fingerprint density at radius 1 is 1.03 bits per heavy atom. The first-order chi connectivity index (χ1) is 18.5. The molecular weight excluding hydrogens is 518 g/mol. The summed E-state index contributed by atoms with van der Waals surface area (Å²) in [5, 5.41) is 3.63. The van der Waals surface area contributed by atoms with Crippen LogP contribution >= 0.6 is 11.3 Å². The van der Waals surface area contributed by atoms with Gasteiger partial charge in [-0.15, -0.1) is 11.3 Å². The largest absolute Gasteiger partial charge is 0.494 e. The summed E-state index contributed by atoms with van der Waals surface area (Å²) in [5.74, 6) is -0.386. The molecule has 0 saturated heterocycles. The van der Waals surface area contributed by atoms with Crippen molar-refractivity contribution in [2.45, 2.75) is 32.9 Å². The summed E-state index contributed by atoms with van der Waals surface area (Å²) < 4.78 is 12.9. The maximum Gasteiger partial charge on any atom is 0.407 e. The topological polar surface area (TPSA) is 107 Å². The van der Waals surface area contributed by atoms with E-state index >= 15 is 0 Å². The van der Waals surface area contributed by atoms with Crippen LogP contribution < -0.4 is 15.6 Å². The predicted octanol–water partition coefficient (Wildman–Crippen LogP) is 4.70. The molecule has 0 aliphatic rings. The van der Waals surface area contributed by atoms with Gasteiger partial charge in [-0.1, -0.05) is 48.5 Å². The zero-order chi connectivity index (χ0) is 28.3. The van der Waals surface area contributed by atoms with E-state index in [1.165, 1.54) is 27.9 Å². The van der Waals surface area contributed by atoms with Gasteiger partial charge >= 0.3 is 6.09 Å². The number of carbonyl (C=O) groups is 3. The highest BCUT2D eigenvalue weighted by molar-refractivity contribution is 7.22. The molecule has 4 rings (SSSR count). The predicted molar refractivity (Wildman–Crippen MR) is 152 cm³/mol. The molecule has 9 nitrogen and oxygen atoms in total. The molecule has 0 spiro atoms. The molecular formula is C29H31N3O6S.